The molecule has 0 radical (unpaired) electrons. The molecule has 0 aliphatic carbocycles. The Labute approximate surface area is 192 Å². The number of ether oxygens (including phenoxy) is 2. The first kappa shape index (κ1) is 22.1. The maximum atomic E-state index is 12.8. The molecule has 3 aliphatic rings. The smallest absolute Gasteiger partial charge is 0.266 e. The average molecular weight is 462 g/mol. The second-order valence-electron chi connectivity index (χ2n) is 7.84. The van der Waals surface area contributed by atoms with Crippen molar-refractivity contribution >= 4 is 46.2 Å². The first-order valence-electron chi connectivity index (χ1n) is 10.7. The van der Waals surface area contributed by atoms with Gasteiger partial charge in [-0.15, -0.1) is 0 Å². The molecule has 0 aromatic heterocycles. The third kappa shape index (κ3) is 5.78. The summed E-state index contributed by atoms with van der Waals surface area (Å²) in [6.07, 6.45) is 7.90. The van der Waals surface area contributed by atoms with Gasteiger partial charge in [0.15, 0.2) is 11.5 Å². The highest BCUT2D eigenvalue weighted by molar-refractivity contribution is 8.26. The quantitative estimate of drug-likeness (QED) is 0.516. The van der Waals surface area contributed by atoms with Gasteiger partial charge < -0.3 is 14.8 Å². The molecule has 1 aromatic carbocycles. The number of likely N-dealkylation sites (tertiary alicyclic amines) is 1. The highest BCUT2D eigenvalue weighted by Gasteiger charge is 2.31. The van der Waals surface area contributed by atoms with E-state index < -0.39 is 0 Å². The van der Waals surface area contributed by atoms with Gasteiger partial charge in [-0.2, -0.15) is 0 Å². The van der Waals surface area contributed by atoms with E-state index >= 15 is 0 Å². The molecular weight excluding hydrogens is 434 g/mol. The van der Waals surface area contributed by atoms with Crippen molar-refractivity contribution in [2.75, 3.05) is 39.5 Å². The molecule has 9 heteroatoms. The third-order valence-electron chi connectivity index (χ3n) is 5.54. The van der Waals surface area contributed by atoms with Crippen molar-refractivity contribution in [3.63, 3.8) is 0 Å². The number of carbonyl (C=O) groups is 2. The fourth-order valence-electron chi connectivity index (χ4n) is 3.88. The van der Waals surface area contributed by atoms with Crippen LogP contribution in [-0.4, -0.2) is 65.5 Å². The number of thiocarbonyl (C=S) groups is 1. The fraction of sp³-hybridized carbons (Fsp3) is 0.500. The molecule has 0 bridgehead atoms. The van der Waals surface area contributed by atoms with Crippen LogP contribution in [0.1, 0.15) is 37.7 Å². The van der Waals surface area contributed by atoms with Crippen molar-refractivity contribution in [2.24, 2.45) is 0 Å². The lowest BCUT2D eigenvalue weighted by Gasteiger charge is -2.24. The molecule has 1 aromatic rings. The van der Waals surface area contributed by atoms with Crippen molar-refractivity contribution in [1.29, 1.82) is 0 Å². The SMILES string of the molecule is O=C(CN1CCCCCCC1)NCCN1C(=O)/C(=C\c2ccc3c(c2)OCO3)SC1=S. The van der Waals surface area contributed by atoms with Crippen LogP contribution in [0.5, 0.6) is 11.5 Å². The van der Waals surface area contributed by atoms with Crippen molar-refractivity contribution in [3.8, 4) is 11.5 Å². The van der Waals surface area contributed by atoms with Gasteiger partial charge in [-0.1, -0.05) is 49.3 Å². The maximum Gasteiger partial charge on any atom is 0.266 e. The second-order valence-corrected chi connectivity index (χ2v) is 9.52. The fourth-order valence-corrected chi connectivity index (χ4v) is 5.19. The lowest BCUT2D eigenvalue weighted by Crippen LogP contribution is -2.42. The molecule has 3 aliphatic heterocycles. The molecule has 0 atom stereocenters. The number of carbonyl (C=O) groups excluding carboxylic acids is 2. The van der Waals surface area contributed by atoms with Crippen LogP contribution in [0.25, 0.3) is 6.08 Å². The minimum absolute atomic E-state index is 0.00177. The Morgan fingerprint density at radius 3 is 2.68 bits per heavy atom. The molecule has 2 saturated heterocycles. The maximum absolute atomic E-state index is 12.8. The van der Waals surface area contributed by atoms with Crippen molar-refractivity contribution < 1.29 is 19.1 Å². The Morgan fingerprint density at radius 2 is 1.87 bits per heavy atom. The number of hydrogen-bond donors (Lipinski definition) is 1. The molecule has 31 heavy (non-hydrogen) atoms. The first-order valence-corrected chi connectivity index (χ1v) is 12.0. The summed E-state index contributed by atoms with van der Waals surface area (Å²) in [7, 11) is 0. The molecule has 0 saturated carbocycles. The number of nitrogens with one attached hydrogen (secondary N) is 1. The Kier molecular flexibility index (Phi) is 7.47. The van der Waals surface area contributed by atoms with Crippen LogP contribution in [0.3, 0.4) is 0 Å². The third-order valence-corrected chi connectivity index (χ3v) is 6.92. The van der Waals surface area contributed by atoms with Crippen LogP contribution in [0, 0.1) is 0 Å². The van der Waals surface area contributed by atoms with Crippen LogP contribution in [0.15, 0.2) is 23.1 Å². The molecule has 3 heterocycles. The first-order chi connectivity index (χ1) is 15.1. The van der Waals surface area contributed by atoms with E-state index in [1.165, 1.54) is 31.0 Å². The van der Waals surface area contributed by atoms with Crippen molar-refractivity contribution in [1.82, 2.24) is 15.1 Å². The van der Waals surface area contributed by atoms with Crippen LogP contribution in [0.2, 0.25) is 0 Å². The average Bonchev–Trinajstić information content (AvgIpc) is 3.29. The van der Waals surface area contributed by atoms with Gasteiger partial charge >= 0.3 is 0 Å². The van der Waals surface area contributed by atoms with E-state index in [4.69, 9.17) is 21.7 Å². The molecule has 2 fully saturated rings. The van der Waals surface area contributed by atoms with E-state index in [9.17, 15) is 9.59 Å². The molecule has 0 spiro atoms. The number of nitrogens with zero attached hydrogens (tertiary/aromatic N) is 2. The number of amides is 2. The predicted octanol–water partition coefficient (Wildman–Crippen LogP) is 3.00. The minimum atomic E-state index is -0.134. The second kappa shape index (κ2) is 10.5. The highest BCUT2D eigenvalue weighted by atomic mass is 32.2. The number of fused-ring (bicyclic) bond motifs is 1. The predicted molar refractivity (Wildman–Crippen MR) is 125 cm³/mol. The summed E-state index contributed by atoms with van der Waals surface area (Å²) in [5.74, 6) is 1.25. The topological polar surface area (TPSA) is 71.1 Å². The summed E-state index contributed by atoms with van der Waals surface area (Å²) in [5, 5.41) is 2.93. The molecule has 2 amide bonds. The lowest BCUT2D eigenvalue weighted by atomic mass is 10.1. The summed E-state index contributed by atoms with van der Waals surface area (Å²) in [4.78, 5) is 29.4. The zero-order chi connectivity index (χ0) is 21.6. The summed E-state index contributed by atoms with van der Waals surface area (Å²) in [6, 6.07) is 5.56. The van der Waals surface area contributed by atoms with E-state index in [1.54, 1.807) is 4.90 Å². The summed E-state index contributed by atoms with van der Waals surface area (Å²) < 4.78 is 11.2. The number of benzene rings is 1. The number of hydrogen-bond acceptors (Lipinski definition) is 7. The van der Waals surface area contributed by atoms with Crippen LogP contribution < -0.4 is 14.8 Å². The molecule has 1 N–H and O–H groups in total. The molecule has 4 rings (SSSR count). The van der Waals surface area contributed by atoms with Gasteiger partial charge in [-0.3, -0.25) is 19.4 Å². The van der Waals surface area contributed by atoms with Gasteiger partial charge in [-0.05, 0) is 49.7 Å². The normalized spacial score (nSPS) is 20.8. The van der Waals surface area contributed by atoms with Gasteiger partial charge in [0.1, 0.15) is 4.32 Å². The zero-order valence-electron chi connectivity index (χ0n) is 17.4. The van der Waals surface area contributed by atoms with Gasteiger partial charge in [0.25, 0.3) is 5.91 Å². The van der Waals surface area contributed by atoms with Crippen molar-refractivity contribution in [2.45, 2.75) is 32.1 Å². The van der Waals surface area contributed by atoms with Crippen molar-refractivity contribution in [3.05, 3.63) is 28.7 Å². The van der Waals surface area contributed by atoms with E-state index in [-0.39, 0.29) is 18.6 Å². The number of thioether (sulfide) groups is 1. The van der Waals surface area contributed by atoms with Gasteiger partial charge in [-0.25, -0.2) is 0 Å². The Bertz CT molecular complexity index is 882. The van der Waals surface area contributed by atoms with E-state index in [2.05, 4.69) is 10.2 Å². The summed E-state index contributed by atoms with van der Waals surface area (Å²) in [5.41, 5.74) is 0.853. The molecular formula is C22H27N3O4S2. The van der Waals surface area contributed by atoms with Gasteiger partial charge in [0.2, 0.25) is 12.7 Å². The molecule has 166 valence electrons. The van der Waals surface area contributed by atoms with Crippen LogP contribution in [-0.2, 0) is 9.59 Å². The lowest BCUT2D eigenvalue weighted by molar-refractivity contribution is -0.124. The Morgan fingerprint density at radius 1 is 1.13 bits per heavy atom. The van der Waals surface area contributed by atoms with E-state index in [0.717, 1.165) is 31.5 Å². The van der Waals surface area contributed by atoms with Gasteiger partial charge in [0.05, 0.1) is 11.4 Å². The zero-order valence-corrected chi connectivity index (χ0v) is 19.1. The van der Waals surface area contributed by atoms with Gasteiger partial charge in [0, 0.05) is 13.1 Å². The number of rotatable bonds is 6. The van der Waals surface area contributed by atoms with E-state index in [0.29, 0.717) is 40.4 Å². The summed E-state index contributed by atoms with van der Waals surface area (Å²) >= 11 is 6.67. The summed E-state index contributed by atoms with van der Waals surface area (Å²) in [6.45, 7) is 3.34. The molecule has 7 nitrogen and oxygen atoms in total. The highest BCUT2D eigenvalue weighted by Crippen LogP contribution is 2.36. The monoisotopic (exact) mass is 461 g/mol. The Hall–Kier alpha value is -2.10. The van der Waals surface area contributed by atoms with E-state index in [1.807, 2.05) is 24.3 Å². The van der Waals surface area contributed by atoms with Crippen LogP contribution in [0.4, 0.5) is 0 Å². The molecule has 0 unspecified atom stereocenters. The van der Waals surface area contributed by atoms with Crippen LogP contribution >= 0.6 is 24.0 Å². The largest absolute Gasteiger partial charge is 0.454 e. The minimum Gasteiger partial charge on any atom is -0.454 e. The Balaban J connectivity index is 1.26. The standard InChI is InChI=1S/C22H27N3O4S2/c26-20(14-24-9-4-2-1-3-5-10-24)23-8-11-25-21(27)19(31-22(25)30)13-16-6-7-17-18(12-16)29-15-28-17/h6-7,12-13H,1-5,8-11,14-15H2,(H,23,26)/b19-13+.